The molecule has 0 bridgehead atoms. The van der Waals surface area contributed by atoms with Crippen LogP contribution in [0, 0.1) is 5.41 Å². The number of fused-ring (bicyclic) bond motifs is 1. The number of hydrogen-bond donors (Lipinski definition) is 1. The van der Waals surface area contributed by atoms with Crippen LogP contribution in [0.4, 0.5) is 0 Å². The molecule has 2 aromatic carbocycles. The van der Waals surface area contributed by atoms with Crippen LogP contribution in [-0.2, 0) is 17.8 Å². The molecule has 1 amide bonds. The molecule has 1 heterocycles. The van der Waals surface area contributed by atoms with E-state index in [0.717, 1.165) is 23.4 Å². The highest BCUT2D eigenvalue weighted by molar-refractivity contribution is 5.82. The number of aryl methyl sites for hydroxylation is 1. The summed E-state index contributed by atoms with van der Waals surface area (Å²) in [5.74, 6) is 0.947. The minimum Gasteiger partial charge on any atom is -0.345 e. The summed E-state index contributed by atoms with van der Waals surface area (Å²) in [6.45, 7) is 8.73. The van der Waals surface area contributed by atoms with Gasteiger partial charge in [0.15, 0.2) is 0 Å². The fraction of sp³-hybridized carbons (Fsp3) is 0.364. The van der Waals surface area contributed by atoms with Gasteiger partial charge in [-0.1, -0.05) is 63.2 Å². The quantitative estimate of drug-likeness (QED) is 0.737. The highest BCUT2D eigenvalue weighted by atomic mass is 16.2. The van der Waals surface area contributed by atoms with E-state index in [1.54, 1.807) is 0 Å². The molecule has 0 saturated carbocycles. The zero-order chi connectivity index (χ0) is 18.7. The number of benzene rings is 2. The summed E-state index contributed by atoms with van der Waals surface area (Å²) >= 11 is 0. The van der Waals surface area contributed by atoms with Crippen LogP contribution in [0.5, 0.6) is 0 Å². The van der Waals surface area contributed by atoms with Crippen molar-refractivity contribution in [1.82, 2.24) is 14.9 Å². The average Bonchev–Trinajstić information content (AvgIpc) is 2.99. The molecule has 3 aromatic rings. The normalized spacial score (nSPS) is 12.9. The van der Waals surface area contributed by atoms with Crippen LogP contribution in [0.25, 0.3) is 11.0 Å². The van der Waals surface area contributed by atoms with Gasteiger partial charge >= 0.3 is 0 Å². The van der Waals surface area contributed by atoms with E-state index in [9.17, 15) is 4.79 Å². The lowest BCUT2D eigenvalue weighted by Gasteiger charge is -2.25. The summed E-state index contributed by atoms with van der Waals surface area (Å²) in [4.78, 5) is 17.6. The summed E-state index contributed by atoms with van der Waals surface area (Å²) < 4.78 is 2.20. The summed E-state index contributed by atoms with van der Waals surface area (Å²) in [6, 6.07) is 18.2. The molecule has 0 radical (unpaired) electrons. The Bertz CT molecular complexity index is 891. The predicted molar refractivity (Wildman–Crippen MR) is 106 cm³/mol. The second-order valence-corrected chi connectivity index (χ2v) is 7.67. The number of nitrogens with zero attached hydrogens (tertiary/aromatic N) is 2. The van der Waals surface area contributed by atoms with Gasteiger partial charge in [-0.25, -0.2) is 4.98 Å². The zero-order valence-electron chi connectivity index (χ0n) is 16.0. The van der Waals surface area contributed by atoms with Gasteiger partial charge in [0.05, 0.1) is 17.1 Å². The van der Waals surface area contributed by atoms with Crippen molar-refractivity contribution in [2.75, 3.05) is 0 Å². The van der Waals surface area contributed by atoms with Crippen LogP contribution >= 0.6 is 0 Å². The summed E-state index contributed by atoms with van der Waals surface area (Å²) in [5.41, 5.74) is 2.81. The van der Waals surface area contributed by atoms with E-state index in [0.29, 0.717) is 6.42 Å². The number of para-hydroxylation sites is 2. The smallest absolute Gasteiger partial charge is 0.225 e. The predicted octanol–water partition coefficient (Wildman–Crippen LogP) is 4.50. The van der Waals surface area contributed by atoms with Gasteiger partial charge in [0.25, 0.3) is 0 Å². The first-order valence-corrected chi connectivity index (χ1v) is 9.20. The number of amides is 1. The second-order valence-electron chi connectivity index (χ2n) is 7.67. The molecule has 0 fully saturated rings. The van der Waals surface area contributed by atoms with E-state index in [1.807, 2.05) is 57.2 Å². The van der Waals surface area contributed by atoms with Crippen molar-refractivity contribution >= 4 is 16.9 Å². The Morgan fingerprint density at radius 1 is 1.08 bits per heavy atom. The van der Waals surface area contributed by atoms with E-state index in [4.69, 9.17) is 4.98 Å². The highest BCUT2D eigenvalue weighted by Crippen LogP contribution is 2.25. The molecular weight excluding hydrogens is 322 g/mol. The molecule has 0 spiro atoms. The molecule has 0 saturated heterocycles. The number of nitrogens with one attached hydrogen (secondary N) is 1. The molecular formula is C22H27N3O. The van der Waals surface area contributed by atoms with Gasteiger partial charge in [-0.2, -0.15) is 0 Å². The van der Waals surface area contributed by atoms with Gasteiger partial charge in [-0.3, -0.25) is 4.79 Å². The Morgan fingerprint density at radius 2 is 1.73 bits per heavy atom. The van der Waals surface area contributed by atoms with E-state index < -0.39 is 5.41 Å². The highest BCUT2D eigenvalue weighted by Gasteiger charge is 2.27. The van der Waals surface area contributed by atoms with Gasteiger partial charge in [-0.05, 0) is 31.0 Å². The lowest BCUT2D eigenvalue weighted by molar-refractivity contribution is -0.129. The number of rotatable bonds is 5. The Labute approximate surface area is 155 Å². The van der Waals surface area contributed by atoms with Gasteiger partial charge in [0.1, 0.15) is 5.82 Å². The first kappa shape index (κ1) is 18.2. The fourth-order valence-electron chi connectivity index (χ4n) is 3.12. The molecule has 4 nitrogen and oxygen atoms in total. The Hall–Kier alpha value is -2.62. The number of aromatic nitrogens is 2. The molecule has 136 valence electrons. The van der Waals surface area contributed by atoms with Gasteiger partial charge in [0.2, 0.25) is 5.91 Å². The number of carbonyl (C=O) groups is 1. The second kappa shape index (κ2) is 7.32. The van der Waals surface area contributed by atoms with Crippen molar-refractivity contribution in [2.45, 2.75) is 46.7 Å². The van der Waals surface area contributed by atoms with Crippen molar-refractivity contribution in [3.63, 3.8) is 0 Å². The first-order valence-electron chi connectivity index (χ1n) is 9.20. The topological polar surface area (TPSA) is 46.9 Å². The Balaban J connectivity index is 2.03. The maximum absolute atomic E-state index is 12.7. The maximum Gasteiger partial charge on any atom is 0.225 e. The molecule has 0 aliphatic rings. The third-order valence-corrected chi connectivity index (χ3v) is 4.58. The number of carbonyl (C=O) groups excluding carboxylic acids is 1. The minimum atomic E-state index is -0.446. The minimum absolute atomic E-state index is 0.0353. The third-order valence-electron chi connectivity index (χ3n) is 4.58. The van der Waals surface area contributed by atoms with Crippen LogP contribution in [0.15, 0.2) is 54.6 Å². The summed E-state index contributed by atoms with van der Waals surface area (Å²) in [7, 11) is 0. The van der Waals surface area contributed by atoms with E-state index in [1.165, 1.54) is 5.56 Å². The van der Waals surface area contributed by atoms with Crippen molar-refractivity contribution in [2.24, 2.45) is 5.41 Å². The lowest BCUT2D eigenvalue weighted by Crippen LogP contribution is -2.39. The fourth-order valence-corrected chi connectivity index (χ4v) is 3.12. The van der Waals surface area contributed by atoms with Gasteiger partial charge in [0, 0.05) is 12.0 Å². The first-order chi connectivity index (χ1) is 12.4. The SMILES string of the molecule is CCn1c(C(Cc2ccccc2)NC(=O)C(C)(C)C)nc2ccccc21. The van der Waals surface area contributed by atoms with Crippen LogP contribution in [0.1, 0.15) is 45.1 Å². The monoisotopic (exact) mass is 349 g/mol. The van der Waals surface area contributed by atoms with Crippen molar-refractivity contribution in [3.8, 4) is 0 Å². The number of hydrogen-bond acceptors (Lipinski definition) is 2. The zero-order valence-corrected chi connectivity index (χ0v) is 16.0. The maximum atomic E-state index is 12.7. The lowest BCUT2D eigenvalue weighted by atomic mass is 9.94. The van der Waals surface area contributed by atoms with Crippen molar-refractivity contribution in [1.29, 1.82) is 0 Å². The summed E-state index contributed by atoms with van der Waals surface area (Å²) in [5, 5.41) is 3.24. The van der Waals surface area contributed by atoms with E-state index >= 15 is 0 Å². The molecule has 26 heavy (non-hydrogen) atoms. The Kier molecular flexibility index (Phi) is 5.12. The van der Waals surface area contributed by atoms with Crippen LogP contribution < -0.4 is 5.32 Å². The van der Waals surface area contributed by atoms with E-state index in [2.05, 4.69) is 35.0 Å². The molecule has 3 rings (SSSR count). The van der Waals surface area contributed by atoms with Gasteiger partial charge in [-0.15, -0.1) is 0 Å². The molecule has 4 heteroatoms. The van der Waals surface area contributed by atoms with Gasteiger partial charge < -0.3 is 9.88 Å². The molecule has 0 aliphatic heterocycles. The molecule has 1 unspecified atom stereocenters. The molecule has 1 N–H and O–H groups in total. The summed E-state index contributed by atoms with van der Waals surface area (Å²) in [6.07, 6.45) is 0.714. The molecule has 0 aliphatic carbocycles. The molecule has 1 aromatic heterocycles. The van der Waals surface area contributed by atoms with Crippen molar-refractivity contribution < 1.29 is 4.79 Å². The average molecular weight is 349 g/mol. The number of imidazole rings is 1. The van der Waals surface area contributed by atoms with E-state index in [-0.39, 0.29) is 11.9 Å². The van der Waals surface area contributed by atoms with Crippen LogP contribution in [0.2, 0.25) is 0 Å². The molecule has 1 atom stereocenters. The third kappa shape index (κ3) is 3.79. The van der Waals surface area contributed by atoms with Crippen LogP contribution in [0.3, 0.4) is 0 Å². The Morgan fingerprint density at radius 3 is 2.38 bits per heavy atom. The standard InChI is InChI=1S/C22H27N3O/c1-5-25-19-14-10-9-13-17(19)23-20(25)18(24-21(26)22(2,3)4)15-16-11-7-6-8-12-16/h6-14,18H,5,15H2,1-4H3,(H,24,26). The van der Waals surface area contributed by atoms with Crippen molar-refractivity contribution in [3.05, 3.63) is 66.0 Å². The van der Waals surface area contributed by atoms with Crippen LogP contribution in [-0.4, -0.2) is 15.5 Å². The largest absolute Gasteiger partial charge is 0.345 e.